The summed E-state index contributed by atoms with van der Waals surface area (Å²) in [5.41, 5.74) is 8.17. The molecule has 0 aliphatic carbocycles. The second-order valence-corrected chi connectivity index (χ2v) is 6.85. The fourth-order valence-electron chi connectivity index (χ4n) is 2.41. The summed E-state index contributed by atoms with van der Waals surface area (Å²) in [6.07, 6.45) is 0.144. The number of thioether (sulfide) groups is 1. The topological polar surface area (TPSA) is 38.5 Å². The smallest absolute Gasteiger partial charge is 0.144 e. The van der Waals surface area contributed by atoms with Gasteiger partial charge in [-0.1, -0.05) is 13.0 Å². The lowest BCUT2D eigenvalue weighted by Crippen LogP contribution is -2.45. The lowest BCUT2D eigenvalue weighted by atomic mass is 10.1. The highest BCUT2D eigenvalue weighted by Gasteiger charge is 2.27. The summed E-state index contributed by atoms with van der Waals surface area (Å²) in [5.74, 6) is 1.95. The number of ether oxygens (including phenoxy) is 1. The van der Waals surface area contributed by atoms with Gasteiger partial charge in [0.1, 0.15) is 5.75 Å². The van der Waals surface area contributed by atoms with E-state index in [0.29, 0.717) is 11.3 Å². The molecule has 0 bridgehead atoms. The van der Waals surface area contributed by atoms with Crippen LogP contribution in [0.1, 0.15) is 27.7 Å². The Labute approximate surface area is 120 Å². The van der Waals surface area contributed by atoms with Crippen molar-refractivity contribution in [1.29, 1.82) is 0 Å². The Bertz CT molecular complexity index is 436. The standard InChI is InChI=1S/C15H24N2OS/c1-10(2)18-14-7-5-6-13(15(14)16)17-8-9-19-12(4)11(17)3/h5-7,10-12H,8-9,16H2,1-4H3. The van der Waals surface area contributed by atoms with E-state index in [1.807, 2.05) is 37.7 Å². The number of hydrogen-bond acceptors (Lipinski definition) is 4. The van der Waals surface area contributed by atoms with Gasteiger partial charge in [-0.25, -0.2) is 0 Å². The molecular formula is C15H24N2OS. The Balaban J connectivity index is 2.29. The van der Waals surface area contributed by atoms with E-state index in [2.05, 4.69) is 24.8 Å². The van der Waals surface area contributed by atoms with Gasteiger partial charge in [0.05, 0.1) is 17.5 Å². The molecule has 19 heavy (non-hydrogen) atoms. The van der Waals surface area contributed by atoms with E-state index in [0.717, 1.165) is 29.4 Å². The summed E-state index contributed by atoms with van der Waals surface area (Å²) >= 11 is 2.03. The van der Waals surface area contributed by atoms with Crippen LogP contribution in [0, 0.1) is 0 Å². The maximum absolute atomic E-state index is 6.30. The van der Waals surface area contributed by atoms with Crippen LogP contribution >= 0.6 is 11.8 Å². The number of para-hydroxylation sites is 1. The first kappa shape index (κ1) is 14.4. The van der Waals surface area contributed by atoms with Gasteiger partial charge in [0.25, 0.3) is 0 Å². The maximum atomic E-state index is 6.30. The van der Waals surface area contributed by atoms with Gasteiger partial charge in [-0.05, 0) is 32.9 Å². The van der Waals surface area contributed by atoms with Crippen LogP contribution in [0.15, 0.2) is 18.2 Å². The van der Waals surface area contributed by atoms with Gasteiger partial charge in [0.15, 0.2) is 0 Å². The molecule has 0 radical (unpaired) electrons. The van der Waals surface area contributed by atoms with Crippen LogP contribution in [0.5, 0.6) is 5.75 Å². The zero-order valence-electron chi connectivity index (χ0n) is 12.2. The zero-order chi connectivity index (χ0) is 14.0. The minimum atomic E-state index is 0.144. The van der Waals surface area contributed by atoms with E-state index in [4.69, 9.17) is 10.5 Å². The van der Waals surface area contributed by atoms with Crippen LogP contribution in [-0.4, -0.2) is 29.7 Å². The predicted octanol–water partition coefficient (Wildman–Crippen LogP) is 3.39. The van der Waals surface area contributed by atoms with Crippen molar-refractivity contribution in [3.05, 3.63) is 18.2 Å². The van der Waals surface area contributed by atoms with E-state index in [1.54, 1.807) is 0 Å². The first-order valence-corrected chi connectivity index (χ1v) is 7.99. The number of anilines is 2. The third-order valence-electron chi connectivity index (χ3n) is 3.60. The molecule has 1 saturated heterocycles. The first-order valence-electron chi connectivity index (χ1n) is 6.94. The molecule has 1 aliphatic rings. The van der Waals surface area contributed by atoms with Crippen molar-refractivity contribution in [2.24, 2.45) is 0 Å². The highest BCUT2D eigenvalue weighted by molar-refractivity contribution is 8.00. The lowest BCUT2D eigenvalue weighted by molar-refractivity contribution is 0.244. The minimum Gasteiger partial charge on any atom is -0.489 e. The SMILES string of the molecule is CC(C)Oc1cccc(N2CCSC(C)C2C)c1N. The van der Waals surface area contributed by atoms with Gasteiger partial charge < -0.3 is 15.4 Å². The summed E-state index contributed by atoms with van der Waals surface area (Å²) < 4.78 is 5.78. The van der Waals surface area contributed by atoms with E-state index in [1.165, 1.54) is 0 Å². The third-order valence-corrected chi connectivity index (χ3v) is 4.94. The van der Waals surface area contributed by atoms with E-state index < -0.39 is 0 Å². The van der Waals surface area contributed by atoms with Gasteiger partial charge in [0.2, 0.25) is 0 Å². The van der Waals surface area contributed by atoms with Gasteiger partial charge in [0, 0.05) is 23.6 Å². The Morgan fingerprint density at radius 2 is 2.11 bits per heavy atom. The first-order chi connectivity index (χ1) is 9.00. The largest absolute Gasteiger partial charge is 0.489 e. The molecule has 1 aromatic carbocycles. The Kier molecular flexibility index (Phi) is 4.50. The van der Waals surface area contributed by atoms with Crippen molar-refractivity contribution < 1.29 is 4.74 Å². The summed E-state index contributed by atoms with van der Waals surface area (Å²) in [4.78, 5) is 2.41. The van der Waals surface area contributed by atoms with E-state index in [9.17, 15) is 0 Å². The zero-order valence-corrected chi connectivity index (χ0v) is 13.0. The normalized spacial score (nSPS) is 23.7. The van der Waals surface area contributed by atoms with Crippen molar-refractivity contribution in [2.75, 3.05) is 22.9 Å². The van der Waals surface area contributed by atoms with Crippen LogP contribution in [0.25, 0.3) is 0 Å². The molecule has 1 fully saturated rings. The second-order valence-electron chi connectivity index (χ2n) is 5.37. The Morgan fingerprint density at radius 3 is 2.79 bits per heavy atom. The van der Waals surface area contributed by atoms with Crippen LogP contribution in [-0.2, 0) is 0 Å². The predicted molar refractivity (Wildman–Crippen MR) is 85.3 cm³/mol. The number of nitrogens with zero attached hydrogens (tertiary/aromatic N) is 1. The number of benzene rings is 1. The molecule has 106 valence electrons. The molecule has 2 rings (SSSR count). The summed E-state index contributed by atoms with van der Waals surface area (Å²) in [7, 11) is 0. The van der Waals surface area contributed by atoms with Crippen molar-refractivity contribution in [1.82, 2.24) is 0 Å². The average molecular weight is 280 g/mol. The van der Waals surface area contributed by atoms with Crippen molar-refractivity contribution in [3.63, 3.8) is 0 Å². The van der Waals surface area contributed by atoms with Crippen LogP contribution in [0.4, 0.5) is 11.4 Å². The number of rotatable bonds is 3. The molecule has 0 spiro atoms. The molecular weight excluding hydrogens is 256 g/mol. The molecule has 2 unspecified atom stereocenters. The molecule has 4 heteroatoms. The lowest BCUT2D eigenvalue weighted by Gasteiger charge is -2.40. The molecule has 2 atom stereocenters. The second kappa shape index (κ2) is 5.95. The van der Waals surface area contributed by atoms with Crippen molar-refractivity contribution in [2.45, 2.75) is 45.1 Å². The highest BCUT2D eigenvalue weighted by Crippen LogP contribution is 2.37. The molecule has 2 N–H and O–H groups in total. The van der Waals surface area contributed by atoms with E-state index >= 15 is 0 Å². The quantitative estimate of drug-likeness (QED) is 0.861. The maximum Gasteiger partial charge on any atom is 0.144 e. The molecule has 1 aliphatic heterocycles. The fraction of sp³-hybridized carbons (Fsp3) is 0.600. The van der Waals surface area contributed by atoms with Gasteiger partial charge in [-0.3, -0.25) is 0 Å². The third kappa shape index (κ3) is 3.11. The van der Waals surface area contributed by atoms with Gasteiger partial charge in [-0.2, -0.15) is 11.8 Å². The molecule has 0 amide bonds. The van der Waals surface area contributed by atoms with E-state index in [-0.39, 0.29) is 6.10 Å². The highest BCUT2D eigenvalue weighted by atomic mass is 32.2. The van der Waals surface area contributed by atoms with Crippen LogP contribution < -0.4 is 15.4 Å². The van der Waals surface area contributed by atoms with Gasteiger partial charge >= 0.3 is 0 Å². The number of nitrogens with two attached hydrogens (primary N) is 1. The summed E-state index contributed by atoms with van der Waals surface area (Å²) in [6.45, 7) is 9.65. The number of nitrogen functional groups attached to an aromatic ring is 1. The number of hydrogen-bond donors (Lipinski definition) is 1. The molecule has 1 aromatic rings. The fourth-order valence-corrected chi connectivity index (χ4v) is 3.51. The minimum absolute atomic E-state index is 0.144. The molecule has 1 heterocycles. The Hall–Kier alpha value is -1.03. The molecule has 0 saturated carbocycles. The average Bonchev–Trinajstić information content (AvgIpc) is 2.35. The summed E-state index contributed by atoms with van der Waals surface area (Å²) in [6, 6.07) is 6.57. The van der Waals surface area contributed by atoms with Crippen LogP contribution in [0.3, 0.4) is 0 Å². The summed E-state index contributed by atoms with van der Waals surface area (Å²) in [5, 5.41) is 0.628. The van der Waals surface area contributed by atoms with Crippen LogP contribution in [0.2, 0.25) is 0 Å². The molecule has 0 aromatic heterocycles. The van der Waals surface area contributed by atoms with Crippen molar-refractivity contribution >= 4 is 23.1 Å². The Morgan fingerprint density at radius 1 is 1.37 bits per heavy atom. The van der Waals surface area contributed by atoms with Crippen molar-refractivity contribution in [3.8, 4) is 5.75 Å². The molecule has 3 nitrogen and oxygen atoms in total. The van der Waals surface area contributed by atoms with Gasteiger partial charge in [-0.15, -0.1) is 0 Å². The monoisotopic (exact) mass is 280 g/mol.